The predicted molar refractivity (Wildman–Crippen MR) is 205 cm³/mol. The van der Waals surface area contributed by atoms with Crippen LogP contribution in [0.2, 0.25) is 0 Å². The molecule has 10 rings (SSSR count). The van der Waals surface area contributed by atoms with Crippen LogP contribution in [0.25, 0.3) is 83.8 Å². The Kier molecular flexibility index (Phi) is 6.50. The van der Waals surface area contributed by atoms with Crippen molar-refractivity contribution in [3.63, 3.8) is 0 Å². The van der Waals surface area contributed by atoms with Gasteiger partial charge in [-0.1, -0.05) is 133 Å². The summed E-state index contributed by atoms with van der Waals surface area (Å²) in [6, 6.07) is 56.4. The van der Waals surface area contributed by atoms with Crippen LogP contribution in [-0.2, 0) is 0 Å². The molecule has 0 spiro atoms. The highest BCUT2D eigenvalue weighted by Crippen LogP contribution is 2.40. The van der Waals surface area contributed by atoms with Gasteiger partial charge in [0.2, 0.25) is 5.95 Å². The number of hydrogen-bond donors (Lipinski definition) is 0. The van der Waals surface area contributed by atoms with Gasteiger partial charge in [-0.05, 0) is 36.4 Å². The lowest BCUT2D eigenvalue weighted by molar-refractivity contribution is 0.951. The molecule has 4 heterocycles. The van der Waals surface area contributed by atoms with E-state index in [1.807, 2.05) is 150 Å². The van der Waals surface area contributed by atoms with E-state index in [1.165, 1.54) is 0 Å². The maximum Gasteiger partial charge on any atom is 0.265 e. The minimum atomic E-state index is -0.116. The summed E-state index contributed by atoms with van der Waals surface area (Å²) in [5.74, 6) is 1.52. The van der Waals surface area contributed by atoms with E-state index in [2.05, 4.69) is 33.4 Å². The second kappa shape index (κ2) is 11.5. The fourth-order valence-electron chi connectivity index (χ4n) is 7.33. The van der Waals surface area contributed by atoms with E-state index in [4.69, 9.17) is 15.0 Å². The van der Waals surface area contributed by atoms with Gasteiger partial charge < -0.3 is 4.57 Å². The summed E-state index contributed by atoms with van der Waals surface area (Å²) in [4.78, 5) is 30.6. The van der Waals surface area contributed by atoms with Gasteiger partial charge in [0.1, 0.15) is 0 Å². The molecule has 51 heavy (non-hydrogen) atoms. The summed E-state index contributed by atoms with van der Waals surface area (Å²) in [6.07, 6.45) is 0. The van der Waals surface area contributed by atoms with E-state index in [-0.39, 0.29) is 5.56 Å². The van der Waals surface area contributed by atoms with Crippen LogP contribution >= 0.6 is 0 Å². The van der Waals surface area contributed by atoms with Gasteiger partial charge in [-0.3, -0.25) is 13.9 Å². The van der Waals surface area contributed by atoms with Crippen molar-refractivity contribution in [3.8, 4) is 40.1 Å². The van der Waals surface area contributed by atoms with Gasteiger partial charge in [-0.2, -0.15) is 9.97 Å². The third-order valence-corrected chi connectivity index (χ3v) is 9.50. The number of para-hydroxylation sites is 4. The highest BCUT2D eigenvalue weighted by molar-refractivity contribution is 6.22. The third-order valence-electron chi connectivity index (χ3n) is 9.50. The second-order valence-corrected chi connectivity index (χ2v) is 12.5. The molecule has 0 unspecified atom stereocenters. The van der Waals surface area contributed by atoms with Crippen molar-refractivity contribution >= 4 is 43.7 Å². The Morgan fingerprint density at radius 1 is 0.373 bits per heavy atom. The van der Waals surface area contributed by atoms with Gasteiger partial charge in [0.15, 0.2) is 11.6 Å². The van der Waals surface area contributed by atoms with Gasteiger partial charge in [-0.25, -0.2) is 4.98 Å². The van der Waals surface area contributed by atoms with Crippen molar-refractivity contribution in [1.82, 2.24) is 28.7 Å². The molecule has 0 amide bonds. The van der Waals surface area contributed by atoms with Crippen LogP contribution in [0, 0.1) is 0 Å². The number of benzene rings is 6. The molecule has 0 aliphatic heterocycles. The lowest BCUT2D eigenvalue weighted by atomic mass is 10.1. The molecule has 0 saturated carbocycles. The largest absolute Gasteiger partial charge is 0.306 e. The summed E-state index contributed by atoms with van der Waals surface area (Å²) >= 11 is 0. The zero-order chi connectivity index (χ0) is 33.9. The van der Waals surface area contributed by atoms with Gasteiger partial charge >= 0.3 is 0 Å². The zero-order valence-electron chi connectivity index (χ0n) is 27.3. The lowest BCUT2D eigenvalue weighted by Crippen LogP contribution is -2.19. The van der Waals surface area contributed by atoms with Gasteiger partial charge in [0.25, 0.3) is 5.56 Å². The summed E-state index contributed by atoms with van der Waals surface area (Å²) in [7, 11) is 0. The lowest BCUT2D eigenvalue weighted by Gasteiger charge is -2.15. The first-order valence-electron chi connectivity index (χ1n) is 16.9. The zero-order valence-corrected chi connectivity index (χ0v) is 27.3. The quantitative estimate of drug-likeness (QED) is 0.185. The molecule has 240 valence electrons. The molecule has 4 aromatic heterocycles. The first-order chi connectivity index (χ1) is 25.3. The molecule has 0 bridgehead atoms. The molecule has 0 atom stereocenters. The molecule has 10 aromatic rings. The fraction of sp³-hybridized carbons (Fsp3) is 0. The smallest absolute Gasteiger partial charge is 0.265 e. The molecule has 6 aromatic carbocycles. The van der Waals surface area contributed by atoms with Gasteiger partial charge in [0.05, 0.1) is 33.0 Å². The van der Waals surface area contributed by atoms with Crippen LogP contribution in [0.1, 0.15) is 0 Å². The second-order valence-electron chi connectivity index (χ2n) is 12.5. The molecule has 0 radical (unpaired) electrons. The van der Waals surface area contributed by atoms with E-state index in [0.717, 1.165) is 60.9 Å². The molecule has 0 saturated heterocycles. The molecule has 0 aliphatic carbocycles. The highest BCUT2D eigenvalue weighted by atomic mass is 16.1. The first-order valence-corrected chi connectivity index (χ1v) is 16.9. The van der Waals surface area contributed by atoms with Crippen LogP contribution in [0.3, 0.4) is 0 Å². The SMILES string of the molecule is O=c1c2c3ccccc3n(-c3nc(-c4ccccc4)nc(-c4ccccc4)n3)c2c2c(c3ccccc3n2-c2ccccc2)n1-c1ccccc1. The first kappa shape index (κ1) is 28.9. The average Bonchev–Trinajstić information content (AvgIpc) is 3.73. The molecule has 7 nitrogen and oxygen atoms in total. The van der Waals surface area contributed by atoms with Crippen molar-refractivity contribution < 1.29 is 0 Å². The number of nitrogens with zero attached hydrogens (tertiary/aromatic N) is 6. The number of hydrogen-bond acceptors (Lipinski definition) is 4. The molecule has 0 aliphatic rings. The molecular weight excluding hydrogens is 629 g/mol. The van der Waals surface area contributed by atoms with E-state index in [9.17, 15) is 0 Å². The Labute approximate surface area is 292 Å². The molecule has 7 heteroatoms. The predicted octanol–water partition coefficient (Wildman–Crippen LogP) is 9.55. The molecule has 0 N–H and O–H groups in total. The Bertz CT molecular complexity index is 2910. The summed E-state index contributed by atoms with van der Waals surface area (Å²) in [5.41, 5.74) is 7.61. The van der Waals surface area contributed by atoms with E-state index in [1.54, 1.807) is 0 Å². The topological polar surface area (TPSA) is 70.5 Å². The van der Waals surface area contributed by atoms with Crippen molar-refractivity contribution in [1.29, 1.82) is 0 Å². The Balaban J connectivity index is 1.46. The van der Waals surface area contributed by atoms with Crippen LogP contribution in [0.5, 0.6) is 0 Å². The van der Waals surface area contributed by atoms with Gasteiger partial charge in [-0.15, -0.1) is 0 Å². The van der Waals surface area contributed by atoms with Crippen LogP contribution in [-0.4, -0.2) is 28.7 Å². The fourth-order valence-corrected chi connectivity index (χ4v) is 7.33. The Morgan fingerprint density at radius 3 is 1.39 bits per heavy atom. The van der Waals surface area contributed by atoms with E-state index >= 15 is 4.79 Å². The Morgan fingerprint density at radius 2 is 0.824 bits per heavy atom. The number of aromatic nitrogens is 6. The standard InChI is InChI=1S/C44H28N6O/c51-43-37-33-25-13-15-27-35(33)50(44-46-41(29-17-5-1-6-18-29)45-42(47-44)30-19-7-2-8-20-30)39(37)40-38(49(43)32-23-11-4-12-24-32)34-26-14-16-28-36(34)48(40)31-21-9-3-10-22-31/h1-28H. The van der Waals surface area contributed by atoms with Crippen LogP contribution in [0.4, 0.5) is 0 Å². The van der Waals surface area contributed by atoms with Crippen molar-refractivity contribution in [2.45, 2.75) is 0 Å². The summed E-state index contributed by atoms with van der Waals surface area (Å²) < 4.78 is 6.19. The van der Waals surface area contributed by atoms with Crippen molar-refractivity contribution in [3.05, 3.63) is 180 Å². The van der Waals surface area contributed by atoms with Crippen molar-refractivity contribution in [2.24, 2.45) is 0 Å². The van der Waals surface area contributed by atoms with E-state index in [0.29, 0.717) is 23.0 Å². The van der Waals surface area contributed by atoms with Crippen LogP contribution in [0.15, 0.2) is 175 Å². The Hall–Kier alpha value is -7.12. The minimum absolute atomic E-state index is 0.116. The van der Waals surface area contributed by atoms with E-state index < -0.39 is 0 Å². The molecule has 0 fully saturated rings. The normalized spacial score (nSPS) is 11.6. The summed E-state index contributed by atoms with van der Waals surface area (Å²) in [5, 5.41) is 2.36. The third kappa shape index (κ3) is 4.45. The maximum absolute atomic E-state index is 15.3. The highest BCUT2D eigenvalue weighted by Gasteiger charge is 2.28. The average molecular weight is 657 g/mol. The minimum Gasteiger partial charge on any atom is -0.306 e. The molecular formula is C44H28N6O. The number of pyridine rings is 1. The van der Waals surface area contributed by atoms with Crippen LogP contribution < -0.4 is 5.56 Å². The number of rotatable bonds is 5. The summed E-state index contributed by atoms with van der Waals surface area (Å²) in [6.45, 7) is 0. The monoisotopic (exact) mass is 656 g/mol. The van der Waals surface area contributed by atoms with Crippen molar-refractivity contribution in [2.75, 3.05) is 0 Å². The van der Waals surface area contributed by atoms with Gasteiger partial charge in [0, 0.05) is 33.3 Å². The maximum atomic E-state index is 15.3. The number of fused-ring (bicyclic) bond motifs is 7.